The largest absolute Gasteiger partial charge is 0.496 e. The number of nitrogens with zero attached hydrogens (tertiary/aromatic N) is 1. The van der Waals surface area contributed by atoms with Gasteiger partial charge in [-0.3, -0.25) is 4.79 Å². The van der Waals surface area contributed by atoms with Gasteiger partial charge in [-0.2, -0.15) is 0 Å². The molecule has 1 aromatic carbocycles. The topological polar surface area (TPSA) is 41.6 Å². The van der Waals surface area contributed by atoms with Crippen LogP contribution in [0.4, 0.5) is 4.39 Å². The highest BCUT2D eigenvalue weighted by Gasteiger charge is 2.30. The Hall–Kier alpha value is -1.62. The molecule has 1 aromatic rings. The van der Waals surface area contributed by atoms with Crippen molar-refractivity contribution in [3.05, 3.63) is 29.6 Å². The number of hydrogen-bond acceptors (Lipinski definition) is 3. The molecule has 0 aromatic heterocycles. The lowest BCUT2D eigenvalue weighted by Gasteiger charge is -2.38. The minimum atomic E-state index is -0.431. The standard InChI is InChI=1S/C14H19FN2O2/c1-9-10(2)17(7-6-16-9)14(18)12-8-11(15)4-5-13(12)19-3/h4-5,8-10,16H,6-7H2,1-3H3. The van der Waals surface area contributed by atoms with E-state index in [4.69, 9.17) is 4.74 Å². The smallest absolute Gasteiger partial charge is 0.258 e. The summed E-state index contributed by atoms with van der Waals surface area (Å²) in [7, 11) is 1.48. The molecule has 0 saturated carbocycles. The summed E-state index contributed by atoms with van der Waals surface area (Å²) < 4.78 is 18.5. The van der Waals surface area contributed by atoms with Gasteiger partial charge in [-0.15, -0.1) is 0 Å². The Bertz CT molecular complexity index is 479. The molecule has 5 heteroatoms. The molecule has 2 atom stereocenters. The fourth-order valence-electron chi connectivity index (χ4n) is 2.35. The minimum absolute atomic E-state index is 0.0641. The van der Waals surface area contributed by atoms with E-state index in [1.54, 1.807) is 4.90 Å². The molecule has 104 valence electrons. The van der Waals surface area contributed by atoms with Crippen LogP contribution in [0.2, 0.25) is 0 Å². The molecular formula is C14H19FN2O2. The van der Waals surface area contributed by atoms with Crippen LogP contribution in [0, 0.1) is 5.82 Å². The van der Waals surface area contributed by atoms with Gasteiger partial charge in [0.25, 0.3) is 5.91 Å². The van der Waals surface area contributed by atoms with Gasteiger partial charge < -0.3 is 15.0 Å². The van der Waals surface area contributed by atoms with Crippen LogP contribution < -0.4 is 10.1 Å². The summed E-state index contributed by atoms with van der Waals surface area (Å²) in [5.74, 6) is -0.207. The number of amides is 1. The number of benzene rings is 1. The van der Waals surface area contributed by atoms with E-state index in [0.717, 1.165) is 6.54 Å². The Morgan fingerprint density at radius 2 is 2.21 bits per heavy atom. The summed E-state index contributed by atoms with van der Waals surface area (Å²) >= 11 is 0. The van der Waals surface area contributed by atoms with E-state index in [1.165, 1.54) is 25.3 Å². The van der Waals surface area contributed by atoms with Crippen molar-refractivity contribution in [3.8, 4) is 5.75 Å². The van der Waals surface area contributed by atoms with Gasteiger partial charge in [-0.1, -0.05) is 0 Å². The molecule has 19 heavy (non-hydrogen) atoms. The van der Waals surface area contributed by atoms with Crippen LogP contribution in [0.1, 0.15) is 24.2 Å². The summed E-state index contributed by atoms with van der Waals surface area (Å²) in [6.45, 7) is 5.38. The Kier molecular flexibility index (Phi) is 4.04. The summed E-state index contributed by atoms with van der Waals surface area (Å²) in [5, 5.41) is 3.31. The lowest BCUT2D eigenvalue weighted by atomic mass is 10.0. The van der Waals surface area contributed by atoms with Crippen LogP contribution in [0.5, 0.6) is 5.75 Å². The van der Waals surface area contributed by atoms with Crippen LogP contribution in [0.25, 0.3) is 0 Å². The number of piperazine rings is 1. The highest BCUT2D eigenvalue weighted by atomic mass is 19.1. The Morgan fingerprint density at radius 1 is 1.47 bits per heavy atom. The Balaban J connectivity index is 2.30. The zero-order valence-electron chi connectivity index (χ0n) is 11.4. The second kappa shape index (κ2) is 5.57. The lowest BCUT2D eigenvalue weighted by Crippen LogP contribution is -2.57. The Labute approximate surface area is 112 Å². The number of carbonyl (C=O) groups excluding carboxylic acids is 1. The number of rotatable bonds is 2. The lowest BCUT2D eigenvalue weighted by molar-refractivity contribution is 0.0599. The Morgan fingerprint density at radius 3 is 2.89 bits per heavy atom. The third-order valence-electron chi connectivity index (χ3n) is 3.69. The van der Waals surface area contributed by atoms with E-state index < -0.39 is 5.82 Å². The SMILES string of the molecule is COc1ccc(F)cc1C(=O)N1CCNC(C)C1C. The number of ether oxygens (including phenoxy) is 1. The summed E-state index contributed by atoms with van der Waals surface area (Å²) in [5.41, 5.74) is 0.281. The molecule has 0 radical (unpaired) electrons. The summed E-state index contributed by atoms with van der Waals surface area (Å²) in [6, 6.07) is 4.30. The molecule has 4 nitrogen and oxygen atoms in total. The first-order valence-corrected chi connectivity index (χ1v) is 6.42. The third kappa shape index (κ3) is 2.71. The van der Waals surface area contributed by atoms with Crippen LogP contribution in [-0.4, -0.2) is 43.1 Å². The number of carbonyl (C=O) groups is 1. The van der Waals surface area contributed by atoms with Crippen molar-refractivity contribution in [2.24, 2.45) is 0 Å². The van der Waals surface area contributed by atoms with Crippen molar-refractivity contribution in [2.45, 2.75) is 25.9 Å². The van der Waals surface area contributed by atoms with Crippen LogP contribution in [-0.2, 0) is 0 Å². The van der Waals surface area contributed by atoms with Gasteiger partial charge in [0.15, 0.2) is 0 Å². The van der Waals surface area contributed by atoms with Crippen molar-refractivity contribution in [1.82, 2.24) is 10.2 Å². The van der Waals surface area contributed by atoms with Gasteiger partial charge in [-0.05, 0) is 32.0 Å². The van der Waals surface area contributed by atoms with E-state index >= 15 is 0 Å². The maximum atomic E-state index is 13.3. The first kappa shape index (κ1) is 13.8. The third-order valence-corrected chi connectivity index (χ3v) is 3.69. The number of methoxy groups -OCH3 is 1. The number of hydrogen-bond donors (Lipinski definition) is 1. The highest BCUT2D eigenvalue weighted by Crippen LogP contribution is 2.23. The summed E-state index contributed by atoms with van der Waals surface area (Å²) in [6.07, 6.45) is 0. The second-order valence-corrected chi connectivity index (χ2v) is 4.83. The molecule has 1 aliphatic heterocycles. The van der Waals surface area contributed by atoms with Crippen LogP contribution >= 0.6 is 0 Å². The zero-order chi connectivity index (χ0) is 14.0. The van der Waals surface area contributed by atoms with E-state index in [1.807, 2.05) is 13.8 Å². The first-order chi connectivity index (χ1) is 9.04. The van der Waals surface area contributed by atoms with Crippen molar-refractivity contribution in [3.63, 3.8) is 0 Å². The van der Waals surface area contributed by atoms with Crippen molar-refractivity contribution in [2.75, 3.05) is 20.2 Å². The minimum Gasteiger partial charge on any atom is -0.496 e. The molecule has 2 unspecified atom stereocenters. The van der Waals surface area contributed by atoms with Gasteiger partial charge in [0, 0.05) is 25.2 Å². The molecule has 1 saturated heterocycles. The predicted octanol–water partition coefficient (Wildman–Crippen LogP) is 1.66. The zero-order valence-corrected chi connectivity index (χ0v) is 11.4. The van der Waals surface area contributed by atoms with E-state index in [0.29, 0.717) is 12.3 Å². The molecule has 1 amide bonds. The van der Waals surface area contributed by atoms with Gasteiger partial charge in [-0.25, -0.2) is 4.39 Å². The van der Waals surface area contributed by atoms with Crippen molar-refractivity contribution < 1.29 is 13.9 Å². The molecule has 1 N–H and O–H groups in total. The van der Waals surface area contributed by atoms with Crippen molar-refractivity contribution >= 4 is 5.91 Å². The predicted molar refractivity (Wildman–Crippen MR) is 70.9 cm³/mol. The number of halogens is 1. The average molecular weight is 266 g/mol. The van der Waals surface area contributed by atoms with Gasteiger partial charge in [0.2, 0.25) is 0 Å². The highest BCUT2D eigenvalue weighted by molar-refractivity contribution is 5.97. The van der Waals surface area contributed by atoms with E-state index in [-0.39, 0.29) is 23.6 Å². The van der Waals surface area contributed by atoms with Crippen LogP contribution in [0.15, 0.2) is 18.2 Å². The normalized spacial score (nSPS) is 23.3. The average Bonchev–Trinajstić information content (AvgIpc) is 2.41. The fourth-order valence-corrected chi connectivity index (χ4v) is 2.35. The van der Waals surface area contributed by atoms with Crippen LogP contribution in [0.3, 0.4) is 0 Å². The van der Waals surface area contributed by atoms with E-state index in [2.05, 4.69) is 5.32 Å². The monoisotopic (exact) mass is 266 g/mol. The fraction of sp³-hybridized carbons (Fsp3) is 0.500. The second-order valence-electron chi connectivity index (χ2n) is 4.83. The molecule has 1 aliphatic rings. The quantitative estimate of drug-likeness (QED) is 0.885. The maximum Gasteiger partial charge on any atom is 0.258 e. The summed E-state index contributed by atoms with van der Waals surface area (Å²) in [4.78, 5) is 14.3. The molecule has 0 aliphatic carbocycles. The molecule has 2 rings (SSSR count). The molecule has 1 fully saturated rings. The number of nitrogens with one attached hydrogen (secondary N) is 1. The van der Waals surface area contributed by atoms with Gasteiger partial charge in [0.1, 0.15) is 11.6 Å². The van der Waals surface area contributed by atoms with E-state index in [9.17, 15) is 9.18 Å². The molecule has 0 spiro atoms. The molecule has 1 heterocycles. The van der Waals surface area contributed by atoms with Gasteiger partial charge >= 0.3 is 0 Å². The van der Waals surface area contributed by atoms with Crippen molar-refractivity contribution in [1.29, 1.82) is 0 Å². The first-order valence-electron chi connectivity index (χ1n) is 6.42. The maximum absolute atomic E-state index is 13.3. The molecule has 0 bridgehead atoms. The van der Waals surface area contributed by atoms with Gasteiger partial charge in [0.05, 0.1) is 12.7 Å². The molecular weight excluding hydrogens is 247 g/mol.